The molecular weight excluding hydrogens is 514 g/mol. The maximum atomic E-state index is 12.8. The second-order valence-corrected chi connectivity index (χ2v) is 10.9. The molecule has 1 aliphatic rings. The second kappa shape index (κ2) is 12.8. The lowest BCUT2D eigenvalue weighted by Gasteiger charge is -2.19. The van der Waals surface area contributed by atoms with Crippen LogP contribution in [0.1, 0.15) is 31.9 Å². The van der Waals surface area contributed by atoms with Crippen molar-refractivity contribution in [2.24, 2.45) is 0 Å². The Morgan fingerprint density at radius 2 is 1.46 bits per heavy atom. The number of nitrogens with zero attached hydrogens (tertiary/aromatic N) is 1. The van der Waals surface area contributed by atoms with E-state index in [-0.39, 0.29) is 29.7 Å². The summed E-state index contributed by atoms with van der Waals surface area (Å²) in [7, 11) is 1.56. The van der Waals surface area contributed by atoms with Gasteiger partial charge in [-0.15, -0.1) is 0 Å². The number of ether oxygens (including phenoxy) is 4. The van der Waals surface area contributed by atoms with Gasteiger partial charge in [-0.25, -0.2) is 0 Å². The van der Waals surface area contributed by atoms with Gasteiger partial charge in [-0.3, -0.25) is 14.5 Å². The van der Waals surface area contributed by atoms with E-state index in [0.717, 1.165) is 23.1 Å². The molecule has 0 unspecified atom stereocenters. The molecule has 2 amide bonds. The Morgan fingerprint density at radius 1 is 0.795 bits per heavy atom. The molecule has 204 valence electrons. The van der Waals surface area contributed by atoms with E-state index in [4.69, 9.17) is 18.9 Å². The summed E-state index contributed by atoms with van der Waals surface area (Å²) in [5.74, 6) is 2.22. The third-order valence-electron chi connectivity index (χ3n) is 6.02. The molecule has 8 heteroatoms. The summed E-state index contributed by atoms with van der Waals surface area (Å²) in [5.41, 5.74) is 2.06. The van der Waals surface area contributed by atoms with Gasteiger partial charge in [0.05, 0.1) is 18.6 Å². The summed E-state index contributed by atoms with van der Waals surface area (Å²) in [4.78, 5) is 26.8. The van der Waals surface area contributed by atoms with Crippen molar-refractivity contribution in [1.82, 2.24) is 4.90 Å². The molecular formula is C31H33NO6S. The molecule has 0 saturated carbocycles. The monoisotopic (exact) mass is 547 g/mol. The Kier molecular flexibility index (Phi) is 9.19. The van der Waals surface area contributed by atoms with Crippen molar-refractivity contribution < 1.29 is 28.5 Å². The largest absolute Gasteiger partial charge is 0.493 e. The fraction of sp³-hybridized carbons (Fsp3) is 0.290. The van der Waals surface area contributed by atoms with Crippen LogP contribution in [0.5, 0.6) is 23.0 Å². The highest BCUT2D eigenvalue weighted by Crippen LogP contribution is 2.34. The number of methoxy groups -OCH3 is 1. The highest BCUT2D eigenvalue weighted by Gasteiger charge is 2.34. The van der Waals surface area contributed by atoms with Crippen LogP contribution in [0.3, 0.4) is 0 Å². The third kappa shape index (κ3) is 7.57. The predicted octanol–water partition coefficient (Wildman–Crippen LogP) is 6.57. The van der Waals surface area contributed by atoms with E-state index in [0.29, 0.717) is 35.4 Å². The normalized spacial score (nSPS) is 14.6. The smallest absolute Gasteiger partial charge is 0.293 e. The van der Waals surface area contributed by atoms with Crippen molar-refractivity contribution in [3.63, 3.8) is 0 Å². The number of carbonyl (C=O) groups excluding carboxylic acids is 2. The molecule has 3 aromatic rings. The molecule has 0 aromatic heterocycles. The van der Waals surface area contributed by atoms with E-state index >= 15 is 0 Å². The van der Waals surface area contributed by atoms with Gasteiger partial charge >= 0.3 is 0 Å². The van der Waals surface area contributed by atoms with Gasteiger partial charge in [0.1, 0.15) is 31.3 Å². The Bertz CT molecular complexity index is 1320. The fourth-order valence-electron chi connectivity index (χ4n) is 3.87. The van der Waals surface area contributed by atoms with E-state index in [1.54, 1.807) is 25.3 Å². The summed E-state index contributed by atoms with van der Waals surface area (Å²) in [5, 5.41) is -0.317. The maximum absolute atomic E-state index is 12.8. The summed E-state index contributed by atoms with van der Waals surface area (Å²) in [6, 6.07) is 22.7. The van der Waals surface area contributed by atoms with Gasteiger partial charge in [0.25, 0.3) is 11.1 Å². The van der Waals surface area contributed by atoms with Gasteiger partial charge in [0.2, 0.25) is 0 Å². The van der Waals surface area contributed by atoms with E-state index in [9.17, 15) is 9.59 Å². The average molecular weight is 548 g/mol. The van der Waals surface area contributed by atoms with Crippen LogP contribution < -0.4 is 18.9 Å². The molecule has 0 spiro atoms. The minimum absolute atomic E-state index is 0.0937. The minimum atomic E-state index is -0.339. The van der Waals surface area contributed by atoms with Crippen LogP contribution in [-0.2, 0) is 10.2 Å². The lowest BCUT2D eigenvalue weighted by atomic mass is 9.87. The lowest BCUT2D eigenvalue weighted by molar-refractivity contribution is -0.123. The van der Waals surface area contributed by atoms with Crippen molar-refractivity contribution in [2.75, 3.05) is 33.5 Å². The summed E-state index contributed by atoms with van der Waals surface area (Å²) in [6.07, 6.45) is 1.68. The van der Waals surface area contributed by atoms with Gasteiger partial charge < -0.3 is 18.9 Å². The summed E-state index contributed by atoms with van der Waals surface area (Å²) < 4.78 is 22.8. The Hall–Kier alpha value is -3.91. The molecule has 0 bridgehead atoms. The summed E-state index contributed by atoms with van der Waals surface area (Å²) in [6.45, 7) is 7.63. The van der Waals surface area contributed by atoms with Crippen LogP contribution in [0.25, 0.3) is 6.08 Å². The Morgan fingerprint density at radius 3 is 2.15 bits per heavy atom. The number of carbonyl (C=O) groups is 2. The number of imide groups is 1. The summed E-state index contributed by atoms with van der Waals surface area (Å²) >= 11 is 0.912. The third-order valence-corrected chi connectivity index (χ3v) is 6.92. The highest BCUT2D eigenvalue weighted by molar-refractivity contribution is 8.18. The van der Waals surface area contributed by atoms with Gasteiger partial charge in [-0.1, -0.05) is 57.2 Å². The first kappa shape index (κ1) is 28.1. The fourth-order valence-corrected chi connectivity index (χ4v) is 4.74. The van der Waals surface area contributed by atoms with Crippen LogP contribution in [0.2, 0.25) is 0 Å². The molecule has 0 aliphatic carbocycles. The number of rotatable bonds is 11. The molecule has 1 fully saturated rings. The molecule has 0 atom stereocenters. The standard InChI is InChI=1S/C31H33NO6S/c1-31(2,3)23-11-13-25(14-12-23)37-18-19-38-26-15-10-22(20-27(26)35-4)21-28-29(33)32(30(34)39-28)16-17-36-24-8-6-5-7-9-24/h5-15,20-21H,16-19H2,1-4H3/b28-21-. The van der Waals surface area contributed by atoms with Crippen LogP contribution in [-0.4, -0.2) is 49.5 Å². The zero-order valence-corrected chi connectivity index (χ0v) is 23.5. The molecule has 1 saturated heterocycles. The van der Waals surface area contributed by atoms with Crippen molar-refractivity contribution in [2.45, 2.75) is 26.2 Å². The first-order valence-corrected chi connectivity index (χ1v) is 13.5. The van der Waals surface area contributed by atoms with Crippen molar-refractivity contribution in [1.29, 1.82) is 0 Å². The van der Waals surface area contributed by atoms with Crippen LogP contribution in [0, 0.1) is 0 Å². The quantitative estimate of drug-likeness (QED) is 0.199. The SMILES string of the molecule is COc1cc(/C=C2\SC(=O)N(CCOc3ccccc3)C2=O)ccc1OCCOc1ccc(C(C)(C)C)cc1. The van der Waals surface area contributed by atoms with E-state index in [1.165, 1.54) is 10.5 Å². The minimum Gasteiger partial charge on any atom is -0.493 e. The number of para-hydroxylation sites is 1. The van der Waals surface area contributed by atoms with Gasteiger partial charge in [0.15, 0.2) is 11.5 Å². The molecule has 3 aromatic carbocycles. The van der Waals surface area contributed by atoms with Crippen molar-refractivity contribution in [3.8, 4) is 23.0 Å². The molecule has 4 rings (SSSR count). The number of thioether (sulfide) groups is 1. The molecule has 1 aliphatic heterocycles. The Balaban J connectivity index is 1.30. The molecule has 39 heavy (non-hydrogen) atoms. The van der Waals surface area contributed by atoms with Crippen LogP contribution >= 0.6 is 11.8 Å². The first-order chi connectivity index (χ1) is 18.7. The molecule has 1 heterocycles. The van der Waals surface area contributed by atoms with Crippen molar-refractivity contribution in [3.05, 3.63) is 88.8 Å². The van der Waals surface area contributed by atoms with Crippen molar-refractivity contribution >= 4 is 29.0 Å². The topological polar surface area (TPSA) is 74.3 Å². The van der Waals surface area contributed by atoms with Crippen LogP contribution in [0.15, 0.2) is 77.7 Å². The second-order valence-electron chi connectivity index (χ2n) is 9.88. The average Bonchev–Trinajstić information content (AvgIpc) is 3.19. The van der Waals surface area contributed by atoms with Gasteiger partial charge in [-0.2, -0.15) is 0 Å². The number of benzene rings is 3. The highest BCUT2D eigenvalue weighted by atomic mass is 32.2. The molecule has 0 N–H and O–H groups in total. The molecule has 0 radical (unpaired) electrons. The zero-order valence-electron chi connectivity index (χ0n) is 22.6. The Labute approximate surface area is 233 Å². The van der Waals surface area contributed by atoms with E-state index in [1.807, 2.05) is 48.5 Å². The van der Waals surface area contributed by atoms with Gasteiger partial charge in [0, 0.05) is 0 Å². The zero-order chi connectivity index (χ0) is 27.8. The van der Waals surface area contributed by atoms with E-state index in [2.05, 4.69) is 32.9 Å². The number of hydrogen-bond acceptors (Lipinski definition) is 7. The molecule has 7 nitrogen and oxygen atoms in total. The maximum Gasteiger partial charge on any atom is 0.293 e. The predicted molar refractivity (Wildman–Crippen MR) is 154 cm³/mol. The van der Waals surface area contributed by atoms with Gasteiger partial charge in [-0.05, 0) is 70.8 Å². The number of amides is 2. The first-order valence-electron chi connectivity index (χ1n) is 12.7. The number of hydrogen-bond donors (Lipinski definition) is 0. The lowest BCUT2D eigenvalue weighted by Crippen LogP contribution is -2.32. The van der Waals surface area contributed by atoms with Crippen LogP contribution in [0.4, 0.5) is 4.79 Å². The van der Waals surface area contributed by atoms with E-state index < -0.39 is 0 Å².